The number of non-ortho nitro benzene ring substituents is 1. The highest BCUT2D eigenvalue weighted by molar-refractivity contribution is 5.77. The summed E-state index contributed by atoms with van der Waals surface area (Å²) in [4.78, 5) is 21.8. The SMILES string of the molecule is CC[C@H](C)NC(=O)COc1cc([N+](=O)[O-])ccc1OC. The highest BCUT2D eigenvalue weighted by Gasteiger charge is 2.14. The predicted octanol–water partition coefficient (Wildman–Crippen LogP) is 1.90. The molecule has 0 aliphatic carbocycles. The molecular weight excluding hydrogens is 264 g/mol. The summed E-state index contributed by atoms with van der Waals surface area (Å²) in [7, 11) is 1.42. The summed E-state index contributed by atoms with van der Waals surface area (Å²) in [6.07, 6.45) is 0.811. The van der Waals surface area contributed by atoms with Gasteiger partial charge in [-0.3, -0.25) is 14.9 Å². The molecule has 1 rings (SSSR count). The molecule has 20 heavy (non-hydrogen) atoms. The van der Waals surface area contributed by atoms with E-state index in [1.165, 1.54) is 25.3 Å². The number of methoxy groups -OCH3 is 1. The van der Waals surface area contributed by atoms with Crippen LogP contribution in [-0.4, -0.2) is 30.6 Å². The zero-order valence-corrected chi connectivity index (χ0v) is 11.7. The Bertz CT molecular complexity index is 490. The number of hydrogen-bond donors (Lipinski definition) is 1. The number of amides is 1. The van der Waals surface area contributed by atoms with Gasteiger partial charge in [-0.05, 0) is 19.4 Å². The number of carbonyl (C=O) groups is 1. The summed E-state index contributed by atoms with van der Waals surface area (Å²) < 4.78 is 10.3. The van der Waals surface area contributed by atoms with E-state index >= 15 is 0 Å². The normalized spacial score (nSPS) is 11.6. The molecule has 1 atom stereocenters. The van der Waals surface area contributed by atoms with Crippen molar-refractivity contribution in [1.29, 1.82) is 0 Å². The van der Waals surface area contributed by atoms with Crippen LogP contribution in [0.4, 0.5) is 5.69 Å². The third kappa shape index (κ3) is 4.42. The number of rotatable bonds is 7. The van der Waals surface area contributed by atoms with Gasteiger partial charge >= 0.3 is 0 Å². The fourth-order valence-electron chi connectivity index (χ4n) is 1.45. The number of nitro groups is 1. The second-order valence-corrected chi connectivity index (χ2v) is 4.26. The maximum absolute atomic E-state index is 11.6. The molecule has 1 aromatic carbocycles. The first-order valence-electron chi connectivity index (χ1n) is 6.22. The molecule has 0 saturated heterocycles. The minimum atomic E-state index is -0.536. The Morgan fingerprint density at radius 3 is 2.70 bits per heavy atom. The molecule has 0 saturated carbocycles. The largest absolute Gasteiger partial charge is 0.493 e. The molecule has 110 valence electrons. The van der Waals surface area contributed by atoms with Crippen LogP contribution in [0.2, 0.25) is 0 Å². The van der Waals surface area contributed by atoms with Gasteiger partial charge in [0, 0.05) is 12.1 Å². The zero-order valence-electron chi connectivity index (χ0n) is 11.7. The summed E-state index contributed by atoms with van der Waals surface area (Å²) in [6, 6.07) is 4.03. The van der Waals surface area contributed by atoms with Crippen molar-refractivity contribution in [1.82, 2.24) is 5.32 Å². The monoisotopic (exact) mass is 282 g/mol. The molecule has 0 aliphatic rings. The van der Waals surface area contributed by atoms with Crippen molar-refractivity contribution in [3.8, 4) is 11.5 Å². The first-order chi connectivity index (χ1) is 9.47. The summed E-state index contributed by atoms with van der Waals surface area (Å²) in [6.45, 7) is 3.61. The van der Waals surface area contributed by atoms with Gasteiger partial charge in [0.1, 0.15) is 0 Å². The van der Waals surface area contributed by atoms with Crippen molar-refractivity contribution >= 4 is 11.6 Å². The highest BCUT2D eigenvalue weighted by atomic mass is 16.6. The average molecular weight is 282 g/mol. The van der Waals surface area contributed by atoms with Crippen LogP contribution in [0.3, 0.4) is 0 Å². The van der Waals surface area contributed by atoms with Gasteiger partial charge in [0.05, 0.1) is 18.1 Å². The number of hydrogen-bond acceptors (Lipinski definition) is 5. The lowest BCUT2D eigenvalue weighted by Gasteiger charge is -2.13. The second-order valence-electron chi connectivity index (χ2n) is 4.26. The van der Waals surface area contributed by atoms with Gasteiger partial charge in [-0.15, -0.1) is 0 Å². The van der Waals surface area contributed by atoms with Crippen LogP contribution >= 0.6 is 0 Å². The van der Waals surface area contributed by atoms with E-state index in [-0.39, 0.29) is 30.0 Å². The van der Waals surface area contributed by atoms with Crippen LogP contribution in [0.5, 0.6) is 11.5 Å². The van der Waals surface area contributed by atoms with Crippen molar-refractivity contribution in [2.45, 2.75) is 26.3 Å². The van der Waals surface area contributed by atoms with E-state index in [4.69, 9.17) is 9.47 Å². The summed E-state index contributed by atoms with van der Waals surface area (Å²) in [5.74, 6) is 0.223. The van der Waals surface area contributed by atoms with Gasteiger partial charge < -0.3 is 14.8 Å². The van der Waals surface area contributed by atoms with Crippen molar-refractivity contribution in [3.05, 3.63) is 28.3 Å². The van der Waals surface area contributed by atoms with E-state index in [0.717, 1.165) is 6.42 Å². The molecule has 7 nitrogen and oxygen atoms in total. The maximum Gasteiger partial charge on any atom is 0.273 e. The minimum absolute atomic E-state index is 0.0538. The lowest BCUT2D eigenvalue weighted by Crippen LogP contribution is -2.35. The highest BCUT2D eigenvalue weighted by Crippen LogP contribution is 2.30. The van der Waals surface area contributed by atoms with Crippen molar-refractivity contribution in [3.63, 3.8) is 0 Å². The van der Waals surface area contributed by atoms with Gasteiger partial charge in [-0.25, -0.2) is 0 Å². The smallest absolute Gasteiger partial charge is 0.273 e. The molecule has 1 N–H and O–H groups in total. The Hall–Kier alpha value is -2.31. The standard InChI is InChI=1S/C13H18N2O5/c1-4-9(2)14-13(16)8-20-12-7-10(15(17)18)5-6-11(12)19-3/h5-7,9H,4,8H2,1-3H3,(H,14,16)/t9-/m0/s1. The second kappa shape index (κ2) is 7.32. The van der Waals surface area contributed by atoms with Crippen molar-refractivity contribution in [2.75, 3.05) is 13.7 Å². The quantitative estimate of drug-likeness (QED) is 0.609. The Balaban J connectivity index is 2.73. The number of nitro benzene ring substituents is 1. The van der Waals surface area contributed by atoms with Crippen LogP contribution in [-0.2, 0) is 4.79 Å². The summed E-state index contributed by atoms with van der Waals surface area (Å²) in [5, 5.41) is 13.4. The molecule has 1 aromatic rings. The molecule has 0 aromatic heterocycles. The number of nitrogens with zero attached hydrogens (tertiary/aromatic N) is 1. The van der Waals surface area contributed by atoms with E-state index in [2.05, 4.69) is 5.32 Å². The molecule has 0 radical (unpaired) electrons. The van der Waals surface area contributed by atoms with Gasteiger partial charge in [0.25, 0.3) is 11.6 Å². The molecule has 0 spiro atoms. The van der Waals surface area contributed by atoms with E-state index < -0.39 is 4.92 Å². The van der Waals surface area contributed by atoms with Crippen LogP contribution in [0.25, 0.3) is 0 Å². The number of benzene rings is 1. The Morgan fingerprint density at radius 2 is 2.15 bits per heavy atom. The van der Waals surface area contributed by atoms with Gasteiger partial charge in [-0.1, -0.05) is 6.92 Å². The van der Waals surface area contributed by atoms with Crippen molar-refractivity contribution in [2.24, 2.45) is 0 Å². The molecule has 0 bridgehead atoms. The average Bonchev–Trinajstić information content (AvgIpc) is 2.44. The van der Waals surface area contributed by atoms with E-state index in [1.807, 2.05) is 13.8 Å². The summed E-state index contributed by atoms with van der Waals surface area (Å²) in [5.41, 5.74) is -0.122. The predicted molar refractivity (Wildman–Crippen MR) is 73.0 cm³/mol. The zero-order chi connectivity index (χ0) is 15.1. The Kier molecular flexibility index (Phi) is 5.76. The van der Waals surface area contributed by atoms with Gasteiger partial charge in [0.2, 0.25) is 0 Å². The fourth-order valence-corrected chi connectivity index (χ4v) is 1.45. The van der Waals surface area contributed by atoms with Gasteiger partial charge in [-0.2, -0.15) is 0 Å². The molecular formula is C13H18N2O5. The lowest BCUT2D eigenvalue weighted by molar-refractivity contribution is -0.385. The lowest BCUT2D eigenvalue weighted by atomic mass is 10.2. The molecule has 0 heterocycles. The fraction of sp³-hybridized carbons (Fsp3) is 0.462. The topological polar surface area (TPSA) is 90.7 Å². The van der Waals surface area contributed by atoms with E-state index in [1.54, 1.807) is 0 Å². The van der Waals surface area contributed by atoms with Crippen LogP contribution in [0.15, 0.2) is 18.2 Å². The Morgan fingerprint density at radius 1 is 1.45 bits per heavy atom. The van der Waals surface area contributed by atoms with Gasteiger partial charge in [0.15, 0.2) is 18.1 Å². The van der Waals surface area contributed by atoms with Crippen LogP contribution < -0.4 is 14.8 Å². The molecule has 1 amide bonds. The first-order valence-corrected chi connectivity index (χ1v) is 6.22. The van der Waals surface area contributed by atoms with E-state index in [0.29, 0.717) is 5.75 Å². The van der Waals surface area contributed by atoms with Crippen molar-refractivity contribution < 1.29 is 19.2 Å². The Labute approximate surface area is 117 Å². The third-order valence-electron chi connectivity index (χ3n) is 2.74. The maximum atomic E-state index is 11.6. The number of ether oxygens (including phenoxy) is 2. The summed E-state index contributed by atoms with van der Waals surface area (Å²) >= 11 is 0. The molecule has 0 aliphatic heterocycles. The number of carbonyl (C=O) groups excluding carboxylic acids is 1. The minimum Gasteiger partial charge on any atom is -0.493 e. The molecule has 0 unspecified atom stereocenters. The first kappa shape index (κ1) is 15.7. The third-order valence-corrected chi connectivity index (χ3v) is 2.74. The van der Waals surface area contributed by atoms with Crippen LogP contribution in [0, 0.1) is 10.1 Å². The van der Waals surface area contributed by atoms with E-state index in [9.17, 15) is 14.9 Å². The molecule has 7 heteroatoms. The molecule has 0 fully saturated rings. The van der Waals surface area contributed by atoms with Crippen LogP contribution in [0.1, 0.15) is 20.3 Å². The number of nitrogens with one attached hydrogen (secondary N) is 1.